The van der Waals surface area contributed by atoms with Gasteiger partial charge in [-0.25, -0.2) is 0 Å². The third kappa shape index (κ3) is 4.35. The second-order valence-corrected chi connectivity index (χ2v) is 3.49. The Morgan fingerprint density at radius 1 is 1.40 bits per heavy atom. The molecule has 0 amide bonds. The molecule has 0 atom stereocenters. The highest BCUT2D eigenvalue weighted by Crippen LogP contribution is 2.08. The fraction of sp³-hybridized carbons (Fsp3) is 0.364. The predicted molar refractivity (Wildman–Crippen MR) is 62.3 cm³/mol. The summed E-state index contributed by atoms with van der Waals surface area (Å²) in [5.41, 5.74) is 7.69. The Labute approximate surface area is 89.8 Å². The number of hydrogen-bond acceptors (Lipinski definition) is 3. The maximum absolute atomic E-state index is 8.32. The second-order valence-electron chi connectivity index (χ2n) is 3.49. The van der Waals surface area contributed by atoms with E-state index in [1.807, 2.05) is 12.1 Å². The molecule has 1 aromatic rings. The van der Waals surface area contributed by atoms with Gasteiger partial charge in [-0.1, -0.05) is 22.9 Å². The molecule has 82 valence electrons. The van der Waals surface area contributed by atoms with Gasteiger partial charge < -0.3 is 16.3 Å². The quantitative estimate of drug-likeness (QED) is 0.227. The highest BCUT2D eigenvalue weighted by Gasteiger charge is 1.94. The van der Waals surface area contributed by atoms with E-state index in [1.54, 1.807) is 0 Å². The lowest BCUT2D eigenvalue weighted by Gasteiger charge is -2.05. The molecule has 4 nitrogen and oxygen atoms in total. The van der Waals surface area contributed by atoms with Gasteiger partial charge in [0.1, 0.15) is 5.84 Å². The zero-order valence-electron chi connectivity index (χ0n) is 8.90. The Morgan fingerprint density at radius 2 is 2.07 bits per heavy atom. The Morgan fingerprint density at radius 3 is 2.67 bits per heavy atom. The third-order valence-corrected chi connectivity index (χ3v) is 2.12. The summed E-state index contributed by atoms with van der Waals surface area (Å²) in [6, 6.07) is 8.20. The first-order valence-corrected chi connectivity index (χ1v) is 4.99. The molecule has 15 heavy (non-hydrogen) atoms. The molecule has 0 aliphatic carbocycles. The van der Waals surface area contributed by atoms with Gasteiger partial charge in [0.2, 0.25) is 0 Å². The van der Waals surface area contributed by atoms with Crippen molar-refractivity contribution in [2.24, 2.45) is 10.9 Å². The molecule has 0 radical (unpaired) electrons. The summed E-state index contributed by atoms with van der Waals surface area (Å²) in [6.07, 6.45) is 1.46. The summed E-state index contributed by atoms with van der Waals surface area (Å²) in [7, 11) is 0. The number of oxime groups is 1. The van der Waals surface area contributed by atoms with Crippen LogP contribution < -0.4 is 11.1 Å². The monoisotopic (exact) mass is 207 g/mol. The van der Waals surface area contributed by atoms with Crippen LogP contribution in [0.3, 0.4) is 0 Å². The Bertz CT molecular complexity index is 319. The maximum Gasteiger partial charge on any atom is 0.139 e. The third-order valence-electron chi connectivity index (χ3n) is 2.12. The average molecular weight is 207 g/mol. The number of rotatable bonds is 5. The second kappa shape index (κ2) is 5.90. The fourth-order valence-corrected chi connectivity index (χ4v) is 1.22. The molecule has 0 saturated heterocycles. The zero-order chi connectivity index (χ0) is 11.1. The summed E-state index contributed by atoms with van der Waals surface area (Å²) in [5, 5.41) is 14.5. The van der Waals surface area contributed by atoms with Crippen molar-refractivity contribution in [3.8, 4) is 0 Å². The van der Waals surface area contributed by atoms with Crippen molar-refractivity contribution in [2.75, 3.05) is 11.9 Å². The van der Waals surface area contributed by atoms with Gasteiger partial charge in [-0.15, -0.1) is 0 Å². The predicted octanol–water partition coefficient (Wildman–Crippen LogP) is 1.93. The number of anilines is 1. The summed E-state index contributed by atoms with van der Waals surface area (Å²) >= 11 is 0. The zero-order valence-corrected chi connectivity index (χ0v) is 8.90. The molecule has 0 unspecified atom stereocenters. The van der Waals surface area contributed by atoms with E-state index in [0.29, 0.717) is 6.42 Å². The van der Waals surface area contributed by atoms with Crippen LogP contribution in [0.4, 0.5) is 5.69 Å². The largest absolute Gasteiger partial charge is 0.409 e. The molecule has 4 N–H and O–H groups in total. The van der Waals surface area contributed by atoms with Gasteiger partial charge in [-0.2, -0.15) is 0 Å². The van der Waals surface area contributed by atoms with Gasteiger partial charge >= 0.3 is 0 Å². The number of amidine groups is 1. The van der Waals surface area contributed by atoms with Crippen molar-refractivity contribution in [3.05, 3.63) is 29.8 Å². The summed E-state index contributed by atoms with van der Waals surface area (Å²) in [6.45, 7) is 2.88. The number of hydrogen-bond donors (Lipinski definition) is 3. The average Bonchev–Trinajstić information content (AvgIpc) is 2.26. The SMILES string of the molecule is Cc1ccc(NCCCC(N)=NO)cc1. The Hall–Kier alpha value is -1.71. The lowest BCUT2D eigenvalue weighted by atomic mass is 10.2. The van der Waals surface area contributed by atoms with Crippen molar-refractivity contribution in [1.82, 2.24) is 0 Å². The van der Waals surface area contributed by atoms with Crippen molar-refractivity contribution in [1.29, 1.82) is 0 Å². The van der Waals surface area contributed by atoms with Crippen LogP contribution >= 0.6 is 0 Å². The first kappa shape index (κ1) is 11.4. The maximum atomic E-state index is 8.32. The minimum Gasteiger partial charge on any atom is -0.409 e. The Kier molecular flexibility index (Phi) is 4.47. The summed E-state index contributed by atoms with van der Waals surface area (Å²) in [4.78, 5) is 0. The first-order chi connectivity index (χ1) is 7.22. The van der Waals surface area contributed by atoms with E-state index in [2.05, 4.69) is 29.5 Å². The lowest BCUT2D eigenvalue weighted by molar-refractivity contribution is 0.316. The standard InChI is InChI=1S/C11H17N3O/c1-9-4-6-10(7-5-9)13-8-2-3-11(12)14-15/h4-7,13,15H,2-3,8H2,1H3,(H2,12,14). The molecule has 0 aliphatic rings. The molecule has 0 aliphatic heterocycles. The van der Waals surface area contributed by atoms with Crippen molar-refractivity contribution < 1.29 is 5.21 Å². The number of nitrogens with zero attached hydrogens (tertiary/aromatic N) is 1. The van der Waals surface area contributed by atoms with Gasteiger partial charge in [-0.3, -0.25) is 0 Å². The van der Waals surface area contributed by atoms with Crippen LogP contribution in [0.25, 0.3) is 0 Å². The molecular formula is C11H17N3O. The molecule has 0 saturated carbocycles. The molecule has 4 heteroatoms. The highest BCUT2D eigenvalue weighted by molar-refractivity contribution is 5.79. The number of nitrogens with one attached hydrogen (secondary N) is 1. The summed E-state index contributed by atoms with van der Waals surface area (Å²) in [5.74, 6) is 0.278. The van der Waals surface area contributed by atoms with Crippen LogP contribution in [0.1, 0.15) is 18.4 Å². The number of aryl methyl sites for hydroxylation is 1. The minimum absolute atomic E-state index is 0.278. The van der Waals surface area contributed by atoms with E-state index in [0.717, 1.165) is 18.7 Å². The molecule has 0 heterocycles. The van der Waals surface area contributed by atoms with Crippen molar-refractivity contribution in [2.45, 2.75) is 19.8 Å². The summed E-state index contributed by atoms with van der Waals surface area (Å²) < 4.78 is 0. The molecule has 0 fully saturated rings. The van der Waals surface area contributed by atoms with E-state index in [-0.39, 0.29) is 5.84 Å². The van der Waals surface area contributed by atoms with Crippen LogP contribution in [0, 0.1) is 6.92 Å². The van der Waals surface area contributed by atoms with E-state index >= 15 is 0 Å². The van der Waals surface area contributed by atoms with E-state index in [9.17, 15) is 0 Å². The first-order valence-electron chi connectivity index (χ1n) is 4.99. The number of nitrogens with two attached hydrogens (primary N) is 1. The topological polar surface area (TPSA) is 70.6 Å². The van der Waals surface area contributed by atoms with Crippen LogP contribution in [0.2, 0.25) is 0 Å². The van der Waals surface area contributed by atoms with Gasteiger partial charge in [0.05, 0.1) is 0 Å². The van der Waals surface area contributed by atoms with Gasteiger partial charge in [0.25, 0.3) is 0 Å². The molecule has 0 bridgehead atoms. The van der Waals surface area contributed by atoms with Crippen LogP contribution in [0.15, 0.2) is 29.4 Å². The normalized spacial score (nSPS) is 11.4. The van der Waals surface area contributed by atoms with E-state index in [4.69, 9.17) is 10.9 Å². The lowest BCUT2D eigenvalue weighted by Crippen LogP contribution is -2.13. The highest BCUT2D eigenvalue weighted by atomic mass is 16.4. The molecule has 0 aromatic heterocycles. The number of benzene rings is 1. The molecule has 0 spiro atoms. The van der Waals surface area contributed by atoms with Crippen molar-refractivity contribution >= 4 is 11.5 Å². The minimum atomic E-state index is 0.278. The van der Waals surface area contributed by atoms with Crippen LogP contribution in [-0.2, 0) is 0 Å². The smallest absolute Gasteiger partial charge is 0.139 e. The van der Waals surface area contributed by atoms with Gasteiger partial charge in [0.15, 0.2) is 0 Å². The van der Waals surface area contributed by atoms with E-state index in [1.165, 1.54) is 5.56 Å². The molecular weight excluding hydrogens is 190 g/mol. The van der Waals surface area contributed by atoms with E-state index < -0.39 is 0 Å². The van der Waals surface area contributed by atoms with Gasteiger partial charge in [-0.05, 0) is 25.5 Å². The van der Waals surface area contributed by atoms with Crippen molar-refractivity contribution in [3.63, 3.8) is 0 Å². The fourth-order valence-electron chi connectivity index (χ4n) is 1.22. The Balaban J connectivity index is 2.23. The molecule has 1 rings (SSSR count). The van der Waals surface area contributed by atoms with Gasteiger partial charge in [0, 0.05) is 18.7 Å². The van der Waals surface area contributed by atoms with Crippen LogP contribution in [-0.4, -0.2) is 17.6 Å². The van der Waals surface area contributed by atoms with Crippen LogP contribution in [0.5, 0.6) is 0 Å². The molecule has 1 aromatic carbocycles.